The van der Waals surface area contributed by atoms with Gasteiger partial charge in [0.2, 0.25) is 0 Å². The summed E-state index contributed by atoms with van der Waals surface area (Å²) in [4.78, 5) is 37.5. The summed E-state index contributed by atoms with van der Waals surface area (Å²) in [6.07, 6.45) is -0.803. The lowest BCUT2D eigenvalue weighted by atomic mass is 10.1. The summed E-state index contributed by atoms with van der Waals surface area (Å²) < 4.78 is 10.7. The van der Waals surface area contributed by atoms with Gasteiger partial charge in [-0.15, -0.1) is 21.5 Å². The second-order valence-electron chi connectivity index (χ2n) is 6.00. The second-order valence-corrected chi connectivity index (χ2v) is 6.95. The van der Waals surface area contributed by atoms with Gasteiger partial charge in [-0.25, -0.2) is 4.79 Å². The van der Waals surface area contributed by atoms with Crippen LogP contribution >= 0.6 is 11.3 Å². The Hall–Kier alpha value is -2.75. The fourth-order valence-electron chi connectivity index (χ4n) is 2.27. The van der Waals surface area contributed by atoms with Gasteiger partial charge < -0.3 is 14.5 Å². The minimum atomic E-state index is -1.04. The van der Waals surface area contributed by atoms with E-state index in [1.165, 1.54) is 11.3 Å². The van der Waals surface area contributed by atoms with E-state index in [-0.39, 0.29) is 5.89 Å². The number of thiophene rings is 1. The molecule has 25 heavy (non-hydrogen) atoms. The van der Waals surface area contributed by atoms with Crippen molar-refractivity contribution in [1.82, 2.24) is 20.4 Å². The smallest absolute Gasteiger partial charge is 0.327 e. The van der Waals surface area contributed by atoms with E-state index in [0.29, 0.717) is 5.89 Å². The van der Waals surface area contributed by atoms with Crippen LogP contribution in [0.5, 0.6) is 0 Å². The maximum atomic E-state index is 12.1. The summed E-state index contributed by atoms with van der Waals surface area (Å²) >= 11 is 1.44. The molecule has 2 aromatic heterocycles. The summed E-state index contributed by atoms with van der Waals surface area (Å²) in [7, 11) is 0. The lowest BCUT2D eigenvalue weighted by Gasteiger charge is -2.16. The molecule has 0 unspecified atom stereocenters. The first-order valence-corrected chi connectivity index (χ1v) is 8.37. The highest BCUT2D eigenvalue weighted by Gasteiger charge is 2.45. The molecule has 1 N–H and O–H groups in total. The van der Waals surface area contributed by atoms with Crippen LogP contribution in [-0.4, -0.2) is 45.1 Å². The number of amides is 3. The standard InChI is InChI=1S/C15H16N4O5S/c1-8(11-17-18-12(24-11)9-5-4-6-25-9)23-10(20)7-19-13(21)15(2,3)16-14(19)22/h4-6,8H,7H2,1-3H3,(H,16,22)/t8-/m1/s1. The Morgan fingerprint density at radius 1 is 1.44 bits per heavy atom. The Balaban J connectivity index is 1.61. The molecule has 0 bridgehead atoms. The molecule has 1 aliphatic rings. The second kappa shape index (κ2) is 6.28. The van der Waals surface area contributed by atoms with Crippen LogP contribution in [-0.2, 0) is 14.3 Å². The number of imide groups is 1. The number of carbonyl (C=O) groups excluding carboxylic acids is 3. The normalized spacial score (nSPS) is 17.5. The van der Waals surface area contributed by atoms with E-state index in [9.17, 15) is 14.4 Å². The van der Waals surface area contributed by atoms with Crippen molar-refractivity contribution in [3.8, 4) is 10.8 Å². The summed E-state index contributed by atoms with van der Waals surface area (Å²) in [6, 6.07) is 3.06. The van der Waals surface area contributed by atoms with E-state index in [2.05, 4.69) is 15.5 Å². The topological polar surface area (TPSA) is 115 Å². The molecule has 3 rings (SSSR count). The lowest BCUT2D eigenvalue weighted by Crippen LogP contribution is -2.41. The van der Waals surface area contributed by atoms with Crippen molar-refractivity contribution < 1.29 is 23.5 Å². The molecule has 0 aromatic carbocycles. The van der Waals surface area contributed by atoms with Crippen LogP contribution in [0.3, 0.4) is 0 Å². The van der Waals surface area contributed by atoms with Crippen molar-refractivity contribution in [3.05, 3.63) is 23.4 Å². The van der Waals surface area contributed by atoms with Crippen LogP contribution in [0.1, 0.15) is 32.8 Å². The van der Waals surface area contributed by atoms with Gasteiger partial charge >= 0.3 is 12.0 Å². The van der Waals surface area contributed by atoms with E-state index in [4.69, 9.17) is 9.15 Å². The third-order valence-corrected chi connectivity index (χ3v) is 4.42. The number of ether oxygens (including phenoxy) is 1. The van der Waals surface area contributed by atoms with Gasteiger partial charge in [0.05, 0.1) is 4.88 Å². The zero-order valence-electron chi connectivity index (χ0n) is 13.8. The molecule has 1 atom stereocenters. The average Bonchev–Trinajstić information content (AvgIpc) is 3.24. The number of esters is 1. The van der Waals surface area contributed by atoms with Crippen LogP contribution in [0.25, 0.3) is 10.8 Å². The summed E-state index contributed by atoms with van der Waals surface area (Å²) in [5, 5.41) is 12.1. The summed E-state index contributed by atoms with van der Waals surface area (Å²) in [5.41, 5.74) is -1.04. The van der Waals surface area contributed by atoms with Crippen molar-refractivity contribution in [2.45, 2.75) is 32.4 Å². The van der Waals surface area contributed by atoms with E-state index in [0.717, 1.165) is 9.78 Å². The van der Waals surface area contributed by atoms with Gasteiger partial charge in [-0.3, -0.25) is 14.5 Å². The van der Waals surface area contributed by atoms with E-state index >= 15 is 0 Å². The van der Waals surface area contributed by atoms with Crippen molar-refractivity contribution in [1.29, 1.82) is 0 Å². The number of hydrogen-bond donors (Lipinski definition) is 1. The van der Waals surface area contributed by atoms with Gasteiger partial charge in [0.1, 0.15) is 12.1 Å². The number of nitrogens with zero attached hydrogens (tertiary/aromatic N) is 3. The molecule has 3 heterocycles. The molecule has 1 saturated heterocycles. The first kappa shape index (κ1) is 17.1. The summed E-state index contributed by atoms with van der Waals surface area (Å²) in [6.45, 7) is 4.21. The zero-order chi connectivity index (χ0) is 18.2. The molecule has 0 radical (unpaired) electrons. The predicted molar refractivity (Wildman–Crippen MR) is 86.4 cm³/mol. The number of aromatic nitrogens is 2. The third kappa shape index (κ3) is 3.38. The molecule has 1 fully saturated rings. The maximum Gasteiger partial charge on any atom is 0.327 e. The molecular formula is C15H16N4O5S. The fourth-order valence-corrected chi connectivity index (χ4v) is 2.92. The van der Waals surface area contributed by atoms with Crippen molar-refractivity contribution in [2.75, 3.05) is 6.54 Å². The quantitative estimate of drug-likeness (QED) is 0.634. The third-order valence-electron chi connectivity index (χ3n) is 3.56. The SMILES string of the molecule is C[C@@H](OC(=O)CN1C(=O)NC(C)(C)C1=O)c1nnc(-c2cccs2)o1. The molecular weight excluding hydrogens is 348 g/mol. The Morgan fingerprint density at radius 3 is 2.80 bits per heavy atom. The number of hydrogen-bond acceptors (Lipinski definition) is 8. The average molecular weight is 364 g/mol. The molecule has 2 aromatic rings. The number of carbonyl (C=O) groups is 3. The Morgan fingerprint density at radius 2 is 2.20 bits per heavy atom. The number of urea groups is 1. The largest absolute Gasteiger partial charge is 0.451 e. The Bertz CT molecular complexity index is 814. The van der Waals surface area contributed by atoms with Crippen LogP contribution in [0.2, 0.25) is 0 Å². The first-order chi connectivity index (χ1) is 11.8. The van der Waals surface area contributed by atoms with E-state index < -0.39 is 36.1 Å². The zero-order valence-corrected chi connectivity index (χ0v) is 14.6. The van der Waals surface area contributed by atoms with Crippen LogP contribution in [0.15, 0.2) is 21.9 Å². The van der Waals surface area contributed by atoms with Crippen molar-refractivity contribution in [2.24, 2.45) is 0 Å². The molecule has 9 nitrogen and oxygen atoms in total. The highest BCUT2D eigenvalue weighted by atomic mass is 32.1. The van der Waals surface area contributed by atoms with Gasteiger partial charge in [0.25, 0.3) is 17.7 Å². The fraction of sp³-hybridized carbons (Fsp3) is 0.400. The van der Waals surface area contributed by atoms with Gasteiger partial charge in [-0.05, 0) is 32.2 Å². The monoisotopic (exact) mass is 364 g/mol. The van der Waals surface area contributed by atoms with Crippen molar-refractivity contribution >= 4 is 29.2 Å². The predicted octanol–water partition coefficient (Wildman–Crippen LogP) is 1.73. The Kier molecular flexibility index (Phi) is 4.29. The van der Waals surface area contributed by atoms with Gasteiger partial charge in [0, 0.05) is 0 Å². The highest BCUT2D eigenvalue weighted by molar-refractivity contribution is 7.13. The molecule has 0 spiro atoms. The van der Waals surface area contributed by atoms with E-state index in [1.54, 1.807) is 20.8 Å². The van der Waals surface area contributed by atoms with Crippen LogP contribution in [0, 0.1) is 0 Å². The van der Waals surface area contributed by atoms with Crippen LogP contribution in [0.4, 0.5) is 4.79 Å². The molecule has 10 heteroatoms. The molecule has 132 valence electrons. The van der Waals surface area contributed by atoms with Crippen LogP contribution < -0.4 is 5.32 Å². The van der Waals surface area contributed by atoms with Gasteiger partial charge in [-0.2, -0.15) is 0 Å². The van der Waals surface area contributed by atoms with Gasteiger partial charge in [0.15, 0.2) is 6.10 Å². The van der Waals surface area contributed by atoms with E-state index in [1.807, 2.05) is 17.5 Å². The summed E-state index contributed by atoms with van der Waals surface area (Å²) in [5.74, 6) is -0.762. The molecule has 0 aliphatic carbocycles. The van der Waals surface area contributed by atoms with Crippen molar-refractivity contribution in [3.63, 3.8) is 0 Å². The molecule has 1 aliphatic heterocycles. The molecule has 3 amide bonds. The number of nitrogens with one attached hydrogen (secondary N) is 1. The highest BCUT2D eigenvalue weighted by Crippen LogP contribution is 2.26. The molecule has 0 saturated carbocycles. The maximum absolute atomic E-state index is 12.1. The number of rotatable bonds is 5. The van der Waals surface area contributed by atoms with Gasteiger partial charge in [-0.1, -0.05) is 6.07 Å². The minimum absolute atomic E-state index is 0.134. The lowest BCUT2D eigenvalue weighted by molar-refractivity contribution is -0.152. The minimum Gasteiger partial charge on any atom is -0.451 e. The first-order valence-electron chi connectivity index (χ1n) is 7.49. The Labute approximate surface area is 147 Å².